The van der Waals surface area contributed by atoms with E-state index in [0.29, 0.717) is 31.2 Å². The summed E-state index contributed by atoms with van der Waals surface area (Å²) >= 11 is 1.03. The summed E-state index contributed by atoms with van der Waals surface area (Å²) in [5.74, 6) is -1.45. The molecule has 1 aromatic rings. The van der Waals surface area contributed by atoms with Gasteiger partial charge in [-0.1, -0.05) is 12.1 Å². The van der Waals surface area contributed by atoms with E-state index in [1.807, 2.05) is 0 Å². The summed E-state index contributed by atoms with van der Waals surface area (Å²) in [5.41, 5.74) is 4.50. The van der Waals surface area contributed by atoms with Crippen LogP contribution in [-0.2, 0) is 19.1 Å². The van der Waals surface area contributed by atoms with Crippen LogP contribution < -0.4 is 10.9 Å². The topological polar surface area (TPSA) is 87.7 Å². The molecule has 1 saturated heterocycles. The number of hydrogen-bond acceptors (Lipinski definition) is 5. The molecule has 1 fully saturated rings. The van der Waals surface area contributed by atoms with E-state index in [0.717, 1.165) is 11.8 Å². The standard InChI is InChI=1S/C16H20FN3O4S/c17-12-3-1-2-4-13(12)25-11-15(22)19-18-14(21)5-6-16(23)20-7-9-24-10-8-20/h1-4H,5-11H2,(H,18,21)(H,19,22). The molecule has 1 aromatic carbocycles. The van der Waals surface area contributed by atoms with E-state index in [9.17, 15) is 18.8 Å². The zero-order valence-electron chi connectivity index (χ0n) is 13.6. The molecule has 2 N–H and O–H groups in total. The molecule has 0 bridgehead atoms. The number of morpholine rings is 1. The van der Waals surface area contributed by atoms with Crippen molar-refractivity contribution in [1.29, 1.82) is 0 Å². The van der Waals surface area contributed by atoms with Crippen molar-refractivity contribution in [2.24, 2.45) is 0 Å². The third-order valence-corrected chi connectivity index (χ3v) is 4.52. The highest BCUT2D eigenvalue weighted by Gasteiger charge is 2.17. The fraction of sp³-hybridized carbons (Fsp3) is 0.438. The lowest BCUT2D eigenvalue weighted by molar-refractivity contribution is -0.137. The highest BCUT2D eigenvalue weighted by Crippen LogP contribution is 2.20. The minimum Gasteiger partial charge on any atom is -0.378 e. The summed E-state index contributed by atoms with van der Waals surface area (Å²) in [5, 5.41) is 0. The van der Waals surface area contributed by atoms with Gasteiger partial charge in [0, 0.05) is 30.8 Å². The zero-order valence-corrected chi connectivity index (χ0v) is 14.4. The van der Waals surface area contributed by atoms with E-state index in [-0.39, 0.29) is 24.5 Å². The van der Waals surface area contributed by atoms with Crippen LogP contribution in [0.4, 0.5) is 4.39 Å². The Morgan fingerprint density at radius 1 is 1.08 bits per heavy atom. The molecule has 1 aliphatic heterocycles. The van der Waals surface area contributed by atoms with Gasteiger partial charge in [-0.2, -0.15) is 0 Å². The van der Waals surface area contributed by atoms with Gasteiger partial charge in [-0.05, 0) is 12.1 Å². The molecule has 0 radical (unpaired) electrons. The van der Waals surface area contributed by atoms with Crippen molar-refractivity contribution in [2.75, 3.05) is 32.1 Å². The molecule has 9 heteroatoms. The number of ether oxygens (including phenoxy) is 1. The molecular formula is C16H20FN3O4S. The van der Waals surface area contributed by atoms with Crippen LogP contribution >= 0.6 is 11.8 Å². The van der Waals surface area contributed by atoms with Gasteiger partial charge < -0.3 is 9.64 Å². The van der Waals surface area contributed by atoms with Gasteiger partial charge in [0.05, 0.1) is 19.0 Å². The average Bonchev–Trinajstić information content (AvgIpc) is 2.64. The predicted molar refractivity (Wildman–Crippen MR) is 90.0 cm³/mol. The number of nitrogens with zero attached hydrogens (tertiary/aromatic N) is 1. The normalized spacial score (nSPS) is 14.0. The second-order valence-corrected chi connectivity index (χ2v) is 6.33. The molecule has 0 unspecified atom stereocenters. The molecule has 25 heavy (non-hydrogen) atoms. The number of thioether (sulfide) groups is 1. The van der Waals surface area contributed by atoms with Crippen molar-refractivity contribution >= 4 is 29.5 Å². The number of benzene rings is 1. The summed E-state index contributed by atoms with van der Waals surface area (Å²) in [4.78, 5) is 37.2. The maximum absolute atomic E-state index is 13.4. The SMILES string of the molecule is O=C(CCC(=O)N1CCOCC1)NNC(=O)CSc1ccccc1F. The van der Waals surface area contributed by atoms with Crippen molar-refractivity contribution in [1.82, 2.24) is 15.8 Å². The molecule has 1 aliphatic rings. The fourth-order valence-electron chi connectivity index (χ4n) is 2.13. The van der Waals surface area contributed by atoms with Gasteiger partial charge in [0.2, 0.25) is 17.7 Å². The van der Waals surface area contributed by atoms with Crippen LogP contribution in [0, 0.1) is 5.82 Å². The van der Waals surface area contributed by atoms with E-state index < -0.39 is 17.6 Å². The van der Waals surface area contributed by atoms with Crippen LogP contribution in [0.2, 0.25) is 0 Å². The van der Waals surface area contributed by atoms with Crippen LogP contribution in [0.3, 0.4) is 0 Å². The molecule has 0 aromatic heterocycles. The highest BCUT2D eigenvalue weighted by atomic mass is 32.2. The van der Waals surface area contributed by atoms with Gasteiger partial charge >= 0.3 is 0 Å². The summed E-state index contributed by atoms with van der Waals surface area (Å²) < 4.78 is 18.6. The Hall–Kier alpha value is -2.13. The number of carbonyl (C=O) groups is 3. The quantitative estimate of drug-likeness (QED) is 0.569. The predicted octanol–water partition coefficient (Wildman–Crippen LogP) is 0.704. The third-order valence-electron chi connectivity index (χ3n) is 3.47. The summed E-state index contributed by atoms with van der Waals surface area (Å²) in [7, 11) is 0. The highest BCUT2D eigenvalue weighted by molar-refractivity contribution is 8.00. The van der Waals surface area contributed by atoms with E-state index >= 15 is 0 Å². The van der Waals surface area contributed by atoms with E-state index in [1.165, 1.54) is 6.07 Å². The maximum atomic E-state index is 13.4. The monoisotopic (exact) mass is 369 g/mol. The number of hydrazine groups is 1. The number of amides is 3. The largest absolute Gasteiger partial charge is 0.378 e. The Morgan fingerprint density at radius 2 is 1.76 bits per heavy atom. The molecule has 0 atom stereocenters. The molecule has 3 amide bonds. The van der Waals surface area contributed by atoms with Crippen molar-refractivity contribution < 1.29 is 23.5 Å². The summed E-state index contributed by atoms with van der Waals surface area (Å²) in [6.07, 6.45) is 0.0581. The van der Waals surface area contributed by atoms with Gasteiger partial charge in [0.15, 0.2) is 0 Å². The first-order valence-electron chi connectivity index (χ1n) is 7.87. The number of rotatable bonds is 6. The Balaban J connectivity index is 1.61. The lowest BCUT2D eigenvalue weighted by Crippen LogP contribution is -2.44. The Labute approximate surface area is 149 Å². The Bertz CT molecular complexity index is 623. The average molecular weight is 369 g/mol. The number of halogens is 1. The van der Waals surface area contributed by atoms with Crippen molar-refractivity contribution in [3.05, 3.63) is 30.1 Å². The zero-order chi connectivity index (χ0) is 18.1. The van der Waals surface area contributed by atoms with Gasteiger partial charge in [-0.3, -0.25) is 25.2 Å². The third kappa shape index (κ3) is 6.71. The maximum Gasteiger partial charge on any atom is 0.248 e. The van der Waals surface area contributed by atoms with Crippen molar-refractivity contribution in [2.45, 2.75) is 17.7 Å². The molecule has 0 saturated carbocycles. The van der Waals surface area contributed by atoms with Gasteiger partial charge in [0.1, 0.15) is 5.82 Å². The minimum atomic E-state index is -0.457. The van der Waals surface area contributed by atoms with Crippen LogP contribution in [0.15, 0.2) is 29.2 Å². The minimum absolute atomic E-state index is 0.0169. The Kier molecular flexibility index (Phi) is 7.68. The summed E-state index contributed by atoms with van der Waals surface area (Å²) in [6.45, 7) is 2.08. The first-order valence-corrected chi connectivity index (χ1v) is 8.85. The van der Waals surface area contributed by atoms with Crippen LogP contribution in [0.1, 0.15) is 12.8 Å². The molecule has 2 rings (SSSR count). The van der Waals surface area contributed by atoms with Crippen LogP contribution in [-0.4, -0.2) is 54.7 Å². The summed E-state index contributed by atoms with van der Waals surface area (Å²) in [6, 6.07) is 6.13. The fourth-order valence-corrected chi connectivity index (χ4v) is 2.87. The first-order chi connectivity index (χ1) is 12.1. The second-order valence-electron chi connectivity index (χ2n) is 5.31. The smallest absolute Gasteiger partial charge is 0.248 e. The lowest BCUT2D eigenvalue weighted by Gasteiger charge is -2.26. The first kappa shape index (κ1) is 19.2. The molecule has 0 aliphatic carbocycles. The van der Waals surface area contributed by atoms with E-state index in [4.69, 9.17) is 4.74 Å². The van der Waals surface area contributed by atoms with Gasteiger partial charge in [0.25, 0.3) is 0 Å². The van der Waals surface area contributed by atoms with E-state index in [2.05, 4.69) is 10.9 Å². The molecule has 136 valence electrons. The number of carbonyl (C=O) groups excluding carboxylic acids is 3. The van der Waals surface area contributed by atoms with Gasteiger partial charge in [-0.25, -0.2) is 4.39 Å². The lowest BCUT2D eigenvalue weighted by atomic mass is 10.2. The molecule has 7 nitrogen and oxygen atoms in total. The molecule has 1 heterocycles. The number of hydrogen-bond donors (Lipinski definition) is 2. The van der Waals surface area contributed by atoms with Crippen LogP contribution in [0.25, 0.3) is 0 Å². The van der Waals surface area contributed by atoms with Crippen molar-refractivity contribution in [3.8, 4) is 0 Å². The number of nitrogens with one attached hydrogen (secondary N) is 2. The second kappa shape index (κ2) is 10.00. The van der Waals surface area contributed by atoms with Gasteiger partial charge in [-0.15, -0.1) is 11.8 Å². The van der Waals surface area contributed by atoms with Crippen molar-refractivity contribution in [3.63, 3.8) is 0 Å². The molecule has 0 spiro atoms. The van der Waals surface area contributed by atoms with Crippen LogP contribution in [0.5, 0.6) is 0 Å². The molecular weight excluding hydrogens is 349 g/mol. The Morgan fingerprint density at radius 3 is 2.48 bits per heavy atom. The van der Waals surface area contributed by atoms with E-state index in [1.54, 1.807) is 23.1 Å².